The van der Waals surface area contributed by atoms with Crippen molar-refractivity contribution in [1.29, 1.82) is 0 Å². The third-order valence-corrected chi connectivity index (χ3v) is 3.30. The summed E-state index contributed by atoms with van der Waals surface area (Å²) in [6.07, 6.45) is 0. The van der Waals surface area contributed by atoms with Gasteiger partial charge < -0.3 is 9.67 Å². The van der Waals surface area contributed by atoms with Crippen LogP contribution in [0.3, 0.4) is 0 Å². The molecular weight excluding hydrogens is 238 g/mol. The quantitative estimate of drug-likeness (QED) is 0.722. The molecule has 1 aromatic heterocycles. The van der Waals surface area contributed by atoms with Crippen molar-refractivity contribution in [2.24, 2.45) is 7.05 Å². The van der Waals surface area contributed by atoms with Crippen molar-refractivity contribution in [3.05, 3.63) is 65.0 Å². The van der Waals surface area contributed by atoms with Crippen molar-refractivity contribution in [2.75, 3.05) is 0 Å². The average Bonchev–Trinajstić information content (AvgIpc) is 2.41. The molecule has 0 fully saturated rings. The van der Waals surface area contributed by atoms with Crippen molar-refractivity contribution >= 4 is 10.8 Å². The summed E-state index contributed by atoms with van der Waals surface area (Å²) < 4.78 is 1.63. The molecule has 3 nitrogen and oxygen atoms in total. The highest BCUT2D eigenvalue weighted by molar-refractivity contribution is 5.87. The molecule has 1 N–H and O–H groups in total. The highest BCUT2D eigenvalue weighted by atomic mass is 16.3. The van der Waals surface area contributed by atoms with Gasteiger partial charge in [0.15, 0.2) is 0 Å². The van der Waals surface area contributed by atoms with Gasteiger partial charge in [-0.05, 0) is 40.6 Å². The number of hydrogen-bond donors (Lipinski definition) is 1. The van der Waals surface area contributed by atoms with Crippen molar-refractivity contribution < 1.29 is 5.11 Å². The Hall–Kier alpha value is -2.55. The van der Waals surface area contributed by atoms with Gasteiger partial charge in [-0.1, -0.05) is 24.3 Å². The number of pyridine rings is 1. The second-order valence-corrected chi connectivity index (χ2v) is 4.55. The molecule has 0 radical (unpaired) electrons. The maximum Gasteiger partial charge on any atom is 0.250 e. The Balaban J connectivity index is 2.23. The smallest absolute Gasteiger partial charge is 0.250 e. The molecule has 0 saturated heterocycles. The maximum atomic E-state index is 11.7. The zero-order valence-electron chi connectivity index (χ0n) is 10.5. The summed E-state index contributed by atoms with van der Waals surface area (Å²) in [7, 11) is 1.76. The lowest BCUT2D eigenvalue weighted by molar-refractivity contribution is 0.476. The molecule has 2 aromatic carbocycles. The van der Waals surface area contributed by atoms with Gasteiger partial charge in [-0.2, -0.15) is 0 Å². The predicted molar refractivity (Wildman–Crippen MR) is 76.3 cm³/mol. The second-order valence-electron chi connectivity index (χ2n) is 4.55. The number of rotatable bonds is 1. The van der Waals surface area contributed by atoms with E-state index >= 15 is 0 Å². The summed E-state index contributed by atoms with van der Waals surface area (Å²) in [5.41, 5.74) is 1.84. The van der Waals surface area contributed by atoms with Crippen molar-refractivity contribution in [3.8, 4) is 17.0 Å². The minimum atomic E-state index is -0.0247. The van der Waals surface area contributed by atoms with Crippen LogP contribution >= 0.6 is 0 Å². The van der Waals surface area contributed by atoms with Gasteiger partial charge in [0.2, 0.25) is 0 Å². The van der Waals surface area contributed by atoms with E-state index in [1.54, 1.807) is 35.9 Å². The summed E-state index contributed by atoms with van der Waals surface area (Å²) in [5, 5.41) is 11.5. The molecule has 0 saturated carbocycles. The van der Waals surface area contributed by atoms with E-state index in [1.807, 2.05) is 30.3 Å². The largest absolute Gasteiger partial charge is 0.508 e. The van der Waals surface area contributed by atoms with Crippen LogP contribution in [0.15, 0.2) is 59.4 Å². The van der Waals surface area contributed by atoms with Crippen LogP contribution in [0.4, 0.5) is 0 Å². The lowest BCUT2D eigenvalue weighted by Crippen LogP contribution is -2.16. The van der Waals surface area contributed by atoms with Crippen LogP contribution < -0.4 is 5.56 Å². The van der Waals surface area contributed by atoms with Gasteiger partial charge in [0.1, 0.15) is 5.75 Å². The first kappa shape index (κ1) is 11.5. The fraction of sp³-hybridized carbons (Fsp3) is 0.0625. The molecule has 0 spiro atoms. The highest BCUT2D eigenvalue weighted by Gasteiger charge is 2.04. The van der Waals surface area contributed by atoms with E-state index in [9.17, 15) is 9.90 Å². The number of fused-ring (bicyclic) bond motifs is 1. The highest BCUT2D eigenvalue weighted by Crippen LogP contribution is 2.25. The molecule has 3 aromatic rings. The van der Waals surface area contributed by atoms with Gasteiger partial charge in [-0.25, -0.2) is 0 Å². The molecule has 0 unspecified atom stereocenters. The molecular formula is C16H13NO2. The Kier molecular flexibility index (Phi) is 2.60. The van der Waals surface area contributed by atoms with E-state index in [0.29, 0.717) is 0 Å². The molecule has 0 aliphatic rings. The van der Waals surface area contributed by atoms with E-state index in [-0.39, 0.29) is 11.3 Å². The van der Waals surface area contributed by atoms with Crippen LogP contribution in [0.25, 0.3) is 22.0 Å². The van der Waals surface area contributed by atoms with Crippen molar-refractivity contribution in [3.63, 3.8) is 0 Å². The number of phenols is 1. The van der Waals surface area contributed by atoms with Gasteiger partial charge in [0.05, 0.1) is 5.69 Å². The number of phenolic OH excluding ortho intramolecular Hbond substituents is 1. The average molecular weight is 251 g/mol. The predicted octanol–water partition coefficient (Wildman–Crippen LogP) is 2.91. The van der Waals surface area contributed by atoms with Gasteiger partial charge in [0.25, 0.3) is 5.56 Å². The number of aromatic hydroxyl groups is 1. The molecule has 0 aliphatic heterocycles. The second kappa shape index (κ2) is 4.28. The van der Waals surface area contributed by atoms with E-state index in [1.165, 1.54) is 0 Å². The number of nitrogens with zero attached hydrogens (tertiary/aromatic N) is 1. The lowest BCUT2D eigenvalue weighted by Gasteiger charge is -2.09. The molecule has 3 rings (SSSR count). The molecule has 1 heterocycles. The molecule has 19 heavy (non-hydrogen) atoms. The van der Waals surface area contributed by atoms with Gasteiger partial charge >= 0.3 is 0 Å². The lowest BCUT2D eigenvalue weighted by atomic mass is 10.0. The van der Waals surface area contributed by atoms with Crippen LogP contribution in [0, 0.1) is 0 Å². The Morgan fingerprint density at radius 2 is 1.68 bits per heavy atom. The topological polar surface area (TPSA) is 42.2 Å². The number of hydrogen-bond acceptors (Lipinski definition) is 2. The Morgan fingerprint density at radius 3 is 2.53 bits per heavy atom. The van der Waals surface area contributed by atoms with Crippen LogP contribution in [0.5, 0.6) is 5.75 Å². The van der Waals surface area contributed by atoms with Crippen LogP contribution in [0.1, 0.15) is 0 Å². The van der Waals surface area contributed by atoms with E-state index in [2.05, 4.69) is 0 Å². The Labute approximate surface area is 110 Å². The zero-order valence-corrected chi connectivity index (χ0v) is 10.5. The summed E-state index contributed by atoms with van der Waals surface area (Å²) in [6.45, 7) is 0. The minimum absolute atomic E-state index is 0.0247. The summed E-state index contributed by atoms with van der Waals surface area (Å²) in [5.74, 6) is 0.257. The summed E-state index contributed by atoms with van der Waals surface area (Å²) >= 11 is 0. The Morgan fingerprint density at radius 1 is 0.947 bits per heavy atom. The minimum Gasteiger partial charge on any atom is -0.508 e. The third kappa shape index (κ3) is 1.99. The molecule has 0 amide bonds. The maximum absolute atomic E-state index is 11.7. The fourth-order valence-corrected chi connectivity index (χ4v) is 2.25. The first-order chi connectivity index (χ1) is 9.15. The van der Waals surface area contributed by atoms with Crippen LogP contribution in [-0.2, 0) is 7.05 Å². The van der Waals surface area contributed by atoms with Gasteiger partial charge in [-0.15, -0.1) is 0 Å². The van der Waals surface area contributed by atoms with E-state index in [0.717, 1.165) is 22.0 Å². The first-order valence-corrected chi connectivity index (χ1v) is 6.04. The Bertz CT molecular complexity index is 818. The standard InChI is InChI=1S/C16H13NO2/c1-17-15(3-2-4-16(17)19)13-6-5-12-10-14(18)8-7-11(12)9-13/h2-10,18H,1H3. The van der Waals surface area contributed by atoms with Crippen LogP contribution in [0.2, 0.25) is 0 Å². The summed E-state index contributed by atoms with van der Waals surface area (Å²) in [6, 6.07) is 16.4. The van der Waals surface area contributed by atoms with E-state index in [4.69, 9.17) is 0 Å². The fourth-order valence-electron chi connectivity index (χ4n) is 2.25. The molecule has 3 heteroatoms. The molecule has 0 atom stereocenters. The number of benzene rings is 2. The third-order valence-electron chi connectivity index (χ3n) is 3.30. The van der Waals surface area contributed by atoms with Crippen molar-refractivity contribution in [2.45, 2.75) is 0 Å². The normalized spacial score (nSPS) is 10.8. The van der Waals surface area contributed by atoms with Gasteiger partial charge in [0, 0.05) is 13.1 Å². The van der Waals surface area contributed by atoms with Gasteiger partial charge in [-0.3, -0.25) is 4.79 Å². The number of aromatic nitrogens is 1. The molecule has 94 valence electrons. The zero-order chi connectivity index (χ0) is 13.4. The van der Waals surface area contributed by atoms with E-state index < -0.39 is 0 Å². The van der Waals surface area contributed by atoms with Crippen LogP contribution in [-0.4, -0.2) is 9.67 Å². The SMILES string of the molecule is Cn1c(-c2ccc3cc(O)ccc3c2)cccc1=O. The van der Waals surface area contributed by atoms with Crippen molar-refractivity contribution in [1.82, 2.24) is 4.57 Å². The molecule has 0 bridgehead atoms. The monoisotopic (exact) mass is 251 g/mol. The summed E-state index contributed by atoms with van der Waals surface area (Å²) in [4.78, 5) is 11.7. The molecule has 0 aliphatic carbocycles. The first-order valence-electron chi connectivity index (χ1n) is 6.04.